The molecule has 0 fully saturated rings. The number of hydrogen-bond donors (Lipinski definition) is 1. The summed E-state index contributed by atoms with van der Waals surface area (Å²) in [5.74, 6) is -0.501. The van der Waals surface area contributed by atoms with E-state index in [9.17, 15) is 14.3 Å². The highest BCUT2D eigenvalue weighted by Gasteiger charge is 2.08. The molecule has 0 atom stereocenters. The van der Waals surface area contributed by atoms with E-state index in [0.717, 1.165) is 29.5 Å². The number of phenols is 1. The number of aromatic hydroxyl groups is 1. The Bertz CT molecular complexity index is 716. The average molecular weight is 298 g/mol. The number of rotatable bonds is 5. The molecule has 0 bridgehead atoms. The van der Waals surface area contributed by atoms with E-state index >= 15 is 0 Å². The van der Waals surface area contributed by atoms with E-state index in [1.165, 1.54) is 12.2 Å². The number of halogens is 1. The Morgan fingerprint density at radius 1 is 1.14 bits per heavy atom. The van der Waals surface area contributed by atoms with Gasteiger partial charge in [0.15, 0.2) is 5.78 Å². The third kappa shape index (κ3) is 4.06. The fourth-order valence-electron chi connectivity index (χ4n) is 1.82. The fraction of sp³-hybridized carbons (Fsp3) is 0.0556. The number of benzene rings is 2. The summed E-state index contributed by atoms with van der Waals surface area (Å²) in [7, 11) is 1.60. The van der Waals surface area contributed by atoms with Gasteiger partial charge in [0.05, 0.1) is 12.7 Å². The van der Waals surface area contributed by atoms with Gasteiger partial charge in [-0.2, -0.15) is 0 Å². The van der Waals surface area contributed by atoms with Crippen molar-refractivity contribution in [1.82, 2.24) is 0 Å². The molecule has 3 nitrogen and oxygen atoms in total. The summed E-state index contributed by atoms with van der Waals surface area (Å²) < 4.78 is 18.1. The highest BCUT2D eigenvalue weighted by Crippen LogP contribution is 2.18. The third-order valence-corrected chi connectivity index (χ3v) is 2.99. The van der Waals surface area contributed by atoms with Crippen LogP contribution in [0.5, 0.6) is 11.5 Å². The van der Waals surface area contributed by atoms with Crippen molar-refractivity contribution in [2.24, 2.45) is 0 Å². The van der Waals surface area contributed by atoms with Crippen molar-refractivity contribution in [3.8, 4) is 11.5 Å². The fourth-order valence-corrected chi connectivity index (χ4v) is 1.82. The summed E-state index contributed by atoms with van der Waals surface area (Å²) in [4.78, 5) is 11.8. The van der Waals surface area contributed by atoms with E-state index in [1.807, 2.05) is 30.3 Å². The van der Waals surface area contributed by atoms with Gasteiger partial charge in [0.25, 0.3) is 0 Å². The van der Waals surface area contributed by atoms with Crippen LogP contribution in [0.4, 0.5) is 4.39 Å². The van der Waals surface area contributed by atoms with E-state index < -0.39 is 11.6 Å². The molecular formula is C18H15FO3. The topological polar surface area (TPSA) is 46.5 Å². The minimum absolute atomic E-state index is 0.0610. The first kappa shape index (κ1) is 15.5. The third-order valence-electron chi connectivity index (χ3n) is 2.99. The first-order valence-electron chi connectivity index (χ1n) is 6.62. The first-order valence-corrected chi connectivity index (χ1v) is 6.62. The molecule has 0 radical (unpaired) electrons. The second-order valence-electron chi connectivity index (χ2n) is 4.52. The Morgan fingerprint density at radius 3 is 2.55 bits per heavy atom. The van der Waals surface area contributed by atoms with E-state index in [2.05, 4.69) is 0 Å². The molecule has 2 aromatic rings. The molecule has 22 heavy (non-hydrogen) atoms. The molecule has 0 aliphatic carbocycles. The molecule has 0 unspecified atom stereocenters. The average Bonchev–Trinajstić information content (AvgIpc) is 2.54. The molecule has 112 valence electrons. The summed E-state index contributed by atoms with van der Waals surface area (Å²) in [6, 6.07) is 10.7. The number of carbonyl (C=O) groups is 1. The molecule has 0 aromatic heterocycles. The quantitative estimate of drug-likeness (QED) is 0.516. The summed E-state index contributed by atoms with van der Waals surface area (Å²) in [6.45, 7) is 0. The van der Waals surface area contributed by atoms with Gasteiger partial charge in [0.1, 0.15) is 17.3 Å². The van der Waals surface area contributed by atoms with Crippen molar-refractivity contribution in [1.29, 1.82) is 0 Å². The van der Waals surface area contributed by atoms with Crippen LogP contribution in [0.25, 0.3) is 6.08 Å². The maximum Gasteiger partial charge on any atom is 0.189 e. The van der Waals surface area contributed by atoms with Gasteiger partial charge in [-0.05, 0) is 42.0 Å². The van der Waals surface area contributed by atoms with Crippen molar-refractivity contribution in [3.05, 3.63) is 77.6 Å². The van der Waals surface area contributed by atoms with Crippen molar-refractivity contribution in [2.75, 3.05) is 7.11 Å². The molecule has 0 aliphatic rings. The van der Waals surface area contributed by atoms with E-state index in [1.54, 1.807) is 13.2 Å². The van der Waals surface area contributed by atoms with Crippen LogP contribution in [0.15, 0.2) is 60.7 Å². The van der Waals surface area contributed by atoms with E-state index in [-0.39, 0.29) is 11.3 Å². The highest BCUT2D eigenvalue weighted by molar-refractivity contribution is 6.06. The number of ketones is 1. The zero-order chi connectivity index (χ0) is 15.9. The zero-order valence-electron chi connectivity index (χ0n) is 12.0. The van der Waals surface area contributed by atoms with Crippen molar-refractivity contribution in [2.45, 2.75) is 0 Å². The Balaban J connectivity index is 2.03. The van der Waals surface area contributed by atoms with E-state index in [0.29, 0.717) is 0 Å². The van der Waals surface area contributed by atoms with Gasteiger partial charge in [0, 0.05) is 0 Å². The molecule has 4 heteroatoms. The molecule has 2 rings (SSSR count). The summed E-state index contributed by atoms with van der Waals surface area (Å²) in [6.07, 6.45) is 6.32. The maximum absolute atomic E-state index is 13.1. The molecule has 0 amide bonds. The lowest BCUT2D eigenvalue weighted by atomic mass is 10.1. The van der Waals surface area contributed by atoms with Gasteiger partial charge in [0.2, 0.25) is 0 Å². The summed E-state index contributed by atoms with van der Waals surface area (Å²) >= 11 is 0. The number of allylic oxidation sites excluding steroid dienone is 3. The summed E-state index contributed by atoms with van der Waals surface area (Å²) in [5.41, 5.74) is 0.889. The number of methoxy groups -OCH3 is 1. The number of carbonyl (C=O) groups excluding carboxylic acids is 1. The van der Waals surface area contributed by atoms with Crippen LogP contribution in [0, 0.1) is 5.82 Å². The van der Waals surface area contributed by atoms with Crippen LogP contribution >= 0.6 is 0 Å². The molecule has 0 aliphatic heterocycles. The highest BCUT2D eigenvalue weighted by atomic mass is 19.1. The lowest BCUT2D eigenvalue weighted by Crippen LogP contribution is -1.95. The van der Waals surface area contributed by atoms with Gasteiger partial charge in [-0.25, -0.2) is 4.39 Å². The lowest BCUT2D eigenvalue weighted by molar-refractivity contribution is 0.104. The van der Waals surface area contributed by atoms with E-state index in [4.69, 9.17) is 4.74 Å². The predicted octanol–water partition coefficient (Wildman–Crippen LogP) is 3.99. The number of phenolic OH excluding ortho intramolecular Hbond substituents is 1. The van der Waals surface area contributed by atoms with Gasteiger partial charge in [-0.15, -0.1) is 0 Å². The Hall–Kier alpha value is -2.88. The van der Waals surface area contributed by atoms with Gasteiger partial charge in [-0.1, -0.05) is 30.4 Å². The monoisotopic (exact) mass is 298 g/mol. The number of hydrogen-bond acceptors (Lipinski definition) is 3. The standard InChI is InChI=1S/C18H15FO3/c1-22-15-9-6-13(7-10-15)4-2-3-5-17(20)16-12-14(19)8-11-18(16)21/h2-12,21H,1H3/b4-2+,5-3+. The van der Waals surface area contributed by atoms with Crippen LogP contribution in [0.3, 0.4) is 0 Å². The SMILES string of the molecule is COc1ccc(/C=C/C=C/C(=O)c2cc(F)ccc2O)cc1. The zero-order valence-corrected chi connectivity index (χ0v) is 12.0. The van der Waals surface area contributed by atoms with Gasteiger partial charge < -0.3 is 9.84 Å². The summed E-state index contributed by atoms with van der Waals surface area (Å²) in [5, 5.41) is 9.54. The molecular weight excluding hydrogens is 283 g/mol. The molecule has 2 aromatic carbocycles. The molecule has 0 spiro atoms. The molecule has 0 saturated heterocycles. The Morgan fingerprint density at radius 2 is 1.86 bits per heavy atom. The second kappa shape index (κ2) is 7.22. The second-order valence-corrected chi connectivity index (χ2v) is 4.52. The largest absolute Gasteiger partial charge is 0.507 e. The minimum Gasteiger partial charge on any atom is -0.507 e. The van der Waals surface area contributed by atoms with Gasteiger partial charge >= 0.3 is 0 Å². The maximum atomic E-state index is 13.1. The molecule has 0 saturated carbocycles. The smallest absolute Gasteiger partial charge is 0.189 e. The number of ether oxygens (including phenoxy) is 1. The molecule has 1 N–H and O–H groups in total. The van der Waals surface area contributed by atoms with Crippen LogP contribution in [-0.2, 0) is 0 Å². The normalized spacial score (nSPS) is 11.2. The first-order chi connectivity index (χ1) is 10.6. The van der Waals surface area contributed by atoms with Crippen molar-refractivity contribution in [3.63, 3.8) is 0 Å². The minimum atomic E-state index is -0.566. The van der Waals surface area contributed by atoms with Crippen LogP contribution in [-0.4, -0.2) is 18.0 Å². The molecule has 0 heterocycles. The van der Waals surface area contributed by atoms with Crippen LogP contribution in [0.2, 0.25) is 0 Å². The van der Waals surface area contributed by atoms with Crippen molar-refractivity contribution < 1.29 is 19.0 Å². The van der Waals surface area contributed by atoms with Crippen LogP contribution < -0.4 is 4.74 Å². The Labute approximate surface area is 128 Å². The van der Waals surface area contributed by atoms with Crippen molar-refractivity contribution >= 4 is 11.9 Å². The lowest BCUT2D eigenvalue weighted by Gasteiger charge is -1.99. The van der Waals surface area contributed by atoms with Gasteiger partial charge in [-0.3, -0.25) is 4.79 Å². The van der Waals surface area contributed by atoms with Crippen LogP contribution in [0.1, 0.15) is 15.9 Å². The predicted molar refractivity (Wildman–Crippen MR) is 83.6 cm³/mol. The Kier molecular flexibility index (Phi) is 5.09.